The minimum atomic E-state index is -1.85. The molecule has 1 heterocycles. The van der Waals surface area contributed by atoms with Crippen molar-refractivity contribution in [3.63, 3.8) is 0 Å². The molecule has 8 heteroatoms. The van der Waals surface area contributed by atoms with Crippen LogP contribution >= 0.6 is 0 Å². The zero-order chi connectivity index (χ0) is 24.5. The second-order valence-electron chi connectivity index (χ2n) is 8.18. The van der Waals surface area contributed by atoms with Crippen molar-refractivity contribution in [3.8, 4) is 24.0 Å². The van der Waals surface area contributed by atoms with Crippen LogP contribution in [0.1, 0.15) is 18.4 Å². The third kappa shape index (κ3) is 3.22. The molecule has 1 aliphatic heterocycles. The molecule has 2 atom stereocenters. The Labute approximate surface area is 197 Å². The number of nitriles is 3. The second kappa shape index (κ2) is 8.81. The molecular weight excluding hydrogens is 430 g/mol. The van der Waals surface area contributed by atoms with Crippen LogP contribution in [0.4, 0.5) is 4.79 Å². The predicted molar refractivity (Wildman–Crippen MR) is 124 cm³/mol. The van der Waals surface area contributed by atoms with Crippen LogP contribution in [0.15, 0.2) is 59.3 Å². The number of allylic oxidation sites excluding steroid dienone is 2. The predicted octanol–water partition coefficient (Wildman–Crippen LogP) is 3.73. The van der Waals surface area contributed by atoms with Crippen LogP contribution in [-0.4, -0.2) is 37.8 Å². The van der Waals surface area contributed by atoms with Gasteiger partial charge < -0.3 is 20.1 Å². The number of ether oxygens (including phenoxy) is 2. The monoisotopic (exact) mass is 453 g/mol. The lowest BCUT2D eigenvalue weighted by Gasteiger charge is -2.45. The summed E-state index contributed by atoms with van der Waals surface area (Å²) in [5.74, 6) is -0.859. The van der Waals surface area contributed by atoms with Crippen molar-refractivity contribution in [1.29, 1.82) is 15.8 Å². The van der Waals surface area contributed by atoms with Gasteiger partial charge in [0.25, 0.3) is 0 Å². The average Bonchev–Trinajstić information content (AvgIpc) is 2.87. The van der Waals surface area contributed by atoms with E-state index in [1.807, 2.05) is 30.3 Å². The van der Waals surface area contributed by atoms with Crippen molar-refractivity contribution in [2.45, 2.75) is 12.8 Å². The number of rotatable bonds is 3. The van der Waals surface area contributed by atoms with E-state index >= 15 is 0 Å². The summed E-state index contributed by atoms with van der Waals surface area (Å²) in [6, 6.07) is 17.7. The second-order valence-corrected chi connectivity index (χ2v) is 8.18. The first kappa shape index (κ1) is 22.7. The van der Waals surface area contributed by atoms with E-state index in [-0.39, 0.29) is 31.0 Å². The molecule has 2 aromatic carbocycles. The molecule has 1 amide bonds. The fourth-order valence-electron chi connectivity index (χ4n) is 5.13. The van der Waals surface area contributed by atoms with E-state index in [9.17, 15) is 20.6 Å². The lowest BCUT2D eigenvalue weighted by molar-refractivity contribution is 0.0998. The van der Waals surface area contributed by atoms with Crippen molar-refractivity contribution < 1.29 is 14.3 Å². The van der Waals surface area contributed by atoms with Gasteiger partial charge in [-0.15, -0.1) is 0 Å². The minimum absolute atomic E-state index is 0.0768. The molecule has 0 aromatic heterocycles. The fraction of sp³-hybridized carbons (Fsp3) is 0.308. The molecule has 2 aromatic rings. The fourth-order valence-corrected chi connectivity index (χ4v) is 5.13. The van der Waals surface area contributed by atoms with Crippen LogP contribution in [0.25, 0.3) is 10.8 Å². The van der Waals surface area contributed by atoms with Gasteiger partial charge >= 0.3 is 6.09 Å². The van der Waals surface area contributed by atoms with Gasteiger partial charge in [-0.3, -0.25) is 0 Å². The number of hydrogen-bond acceptors (Lipinski definition) is 7. The molecule has 0 radical (unpaired) electrons. The molecule has 1 aliphatic carbocycles. The summed E-state index contributed by atoms with van der Waals surface area (Å²) >= 11 is 0. The summed E-state index contributed by atoms with van der Waals surface area (Å²) in [6.07, 6.45) is 1.27. The van der Waals surface area contributed by atoms with Crippen LogP contribution in [0.3, 0.4) is 0 Å². The van der Waals surface area contributed by atoms with Gasteiger partial charge in [-0.1, -0.05) is 36.4 Å². The molecule has 2 N–H and O–H groups in total. The molecule has 34 heavy (non-hydrogen) atoms. The molecule has 0 saturated carbocycles. The maximum atomic E-state index is 12.6. The number of fused-ring (bicyclic) bond motifs is 2. The molecule has 2 aliphatic rings. The van der Waals surface area contributed by atoms with Crippen molar-refractivity contribution in [3.05, 3.63) is 64.9 Å². The Balaban J connectivity index is 2.06. The molecule has 0 unspecified atom stereocenters. The summed E-state index contributed by atoms with van der Waals surface area (Å²) in [4.78, 5) is 14.1. The van der Waals surface area contributed by atoms with Gasteiger partial charge in [0.15, 0.2) is 5.41 Å². The van der Waals surface area contributed by atoms with Crippen molar-refractivity contribution in [1.82, 2.24) is 4.90 Å². The van der Waals surface area contributed by atoms with Gasteiger partial charge in [0.05, 0.1) is 37.1 Å². The number of amides is 1. The smallest absolute Gasteiger partial charge is 0.410 e. The highest BCUT2D eigenvalue weighted by molar-refractivity contribution is 5.89. The van der Waals surface area contributed by atoms with Gasteiger partial charge in [0.2, 0.25) is 0 Å². The van der Waals surface area contributed by atoms with E-state index in [2.05, 4.69) is 18.2 Å². The number of methoxy groups -OCH3 is 1. The standard InChI is InChI=1S/C26H23N5O3/c1-3-34-25(32)31-11-10-18-19(12-27)24(30)26(14-28,15-29)23(20(18)13-31)22-17-7-5-4-6-16(17)8-9-21(22)33-2/h4-10,20,23H,3,11,13,30H2,1-2H3/t20-,23-/m1/s1. The third-order valence-corrected chi connectivity index (χ3v) is 6.65. The quantitative estimate of drug-likeness (QED) is 0.747. The van der Waals surface area contributed by atoms with Crippen molar-refractivity contribution in [2.24, 2.45) is 17.1 Å². The highest BCUT2D eigenvalue weighted by Gasteiger charge is 2.56. The largest absolute Gasteiger partial charge is 0.496 e. The Bertz CT molecular complexity index is 1340. The summed E-state index contributed by atoms with van der Waals surface area (Å²) in [5, 5.41) is 32.4. The van der Waals surface area contributed by atoms with E-state index in [1.54, 1.807) is 19.1 Å². The Hall–Kier alpha value is -4.48. The molecule has 0 fully saturated rings. The highest BCUT2D eigenvalue weighted by atomic mass is 16.6. The van der Waals surface area contributed by atoms with Gasteiger partial charge in [0.1, 0.15) is 11.8 Å². The van der Waals surface area contributed by atoms with E-state index in [0.717, 1.165) is 10.8 Å². The van der Waals surface area contributed by atoms with Crippen LogP contribution in [0, 0.1) is 45.3 Å². The Morgan fingerprint density at radius 3 is 2.59 bits per heavy atom. The minimum Gasteiger partial charge on any atom is -0.496 e. The number of nitrogens with two attached hydrogens (primary N) is 1. The number of hydrogen-bond donors (Lipinski definition) is 1. The maximum absolute atomic E-state index is 12.6. The van der Waals surface area contributed by atoms with E-state index in [4.69, 9.17) is 15.2 Å². The maximum Gasteiger partial charge on any atom is 0.410 e. The van der Waals surface area contributed by atoms with Gasteiger partial charge in [-0.25, -0.2) is 4.79 Å². The van der Waals surface area contributed by atoms with Gasteiger partial charge in [0, 0.05) is 30.5 Å². The first-order chi connectivity index (χ1) is 16.5. The summed E-state index contributed by atoms with van der Waals surface area (Å²) in [7, 11) is 1.53. The highest BCUT2D eigenvalue weighted by Crippen LogP contribution is 2.57. The summed E-state index contributed by atoms with van der Waals surface area (Å²) in [6.45, 7) is 2.33. The van der Waals surface area contributed by atoms with Crippen molar-refractivity contribution >= 4 is 16.9 Å². The SMILES string of the molecule is CCOC(=O)N1CC=C2C(C#N)=C(N)C(C#N)(C#N)[C@@H](c3c(OC)ccc4ccccc34)[C@@H]2C1. The van der Waals surface area contributed by atoms with E-state index < -0.39 is 23.3 Å². The zero-order valence-electron chi connectivity index (χ0n) is 18.9. The van der Waals surface area contributed by atoms with Gasteiger partial charge in [-0.2, -0.15) is 15.8 Å². The van der Waals surface area contributed by atoms with E-state index in [1.165, 1.54) is 12.0 Å². The number of benzene rings is 2. The lowest BCUT2D eigenvalue weighted by Crippen LogP contribution is -2.49. The Morgan fingerprint density at radius 2 is 1.94 bits per heavy atom. The number of carbonyl (C=O) groups excluding carboxylic acids is 1. The number of carbonyl (C=O) groups is 1. The Kier molecular flexibility index (Phi) is 5.88. The normalized spacial score (nSPS) is 20.9. The summed E-state index contributed by atoms with van der Waals surface area (Å²) < 4.78 is 10.9. The lowest BCUT2D eigenvalue weighted by atomic mass is 9.57. The van der Waals surface area contributed by atoms with Crippen LogP contribution in [-0.2, 0) is 4.74 Å². The van der Waals surface area contributed by atoms with Gasteiger partial charge in [-0.05, 0) is 29.3 Å². The molecular formula is C26H23N5O3. The molecule has 0 saturated heterocycles. The number of nitrogens with zero attached hydrogens (tertiary/aromatic N) is 4. The average molecular weight is 454 g/mol. The Morgan fingerprint density at radius 1 is 1.21 bits per heavy atom. The zero-order valence-corrected chi connectivity index (χ0v) is 18.9. The van der Waals surface area contributed by atoms with E-state index in [0.29, 0.717) is 16.9 Å². The van der Waals surface area contributed by atoms with Crippen LogP contribution in [0.5, 0.6) is 5.75 Å². The molecule has 0 bridgehead atoms. The third-order valence-electron chi connectivity index (χ3n) is 6.65. The van der Waals surface area contributed by atoms with Crippen LogP contribution in [0.2, 0.25) is 0 Å². The topological polar surface area (TPSA) is 136 Å². The van der Waals surface area contributed by atoms with Crippen LogP contribution < -0.4 is 10.5 Å². The molecule has 0 spiro atoms. The first-order valence-electron chi connectivity index (χ1n) is 10.9. The first-order valence-corrected chi connectivity index (χ1v) is 10.9. The molecule has 4 rings (SSSR count). The van der Waals surface area contributed by atoms with Crippen molar-refractivity contribution in [2.75, 3.05) is 26.8 Å². The summed E-state index contributed by atoms with van der Waals surface area (Å²) in [5.41, 5.74) is 5.89. The molecule has 170 valence electrons. The molecule has 8 nitrogen and oxygen atoms in total.